The molecule has 0 radical (unpaired) electrons. The Labute approximate surface area is 198 Å². The van der Waals surface area contributed by atoms with E-state index in [4.69, 9.17) is 17.3 Å². The Balaban J connectivity index is 1.32. The molecule has 1 aliphatic carbocycles. The highest BCUT2D eigenvalue weighted by Gasteiger charge is 2.32. The van der Waals surface area contributed by atoms with Crippen LogP contribution >= 0.6 is 12.2 Å². The lowest BCUT2D eigenvalue weighted by Gasteiger charge is -2.33. The van der Waals surface area contributed by atoms with Gasteiger partial charge < -0.3 is 0 Å². The first kappa shape index (κ1) is 22.0. The van der Waals surface area contributed by atoms with Gasteiger partial charge >= 0.3 is 0 Å². The lowest BCUT2D eigenvalue weighted by Crippen LogP contribution is -2.49. The molecule has 2 aliphatic rings. The second-order valence-corrected chi connectivity index (χ2v) is 10.6. The summed E-state index contributed by atoms with van der Waals surface area (Å²) < 4.78 is 32.2. The van der Waals surface area contributed by atoms with Gasteiger partial charge in [0.15, 0.2) is 0 Å². The van der Waals surface area contributed by atoms with E-state index in [-0.39, 0.29) is 10.5 Å². The summed E-state index contributed by atoms with van der Waals surface area (Å²) in [5.41, 5.74) is 1.19. The van der Waals surface area contributed by atoms with Crippen molar-refractivity contribution < 1.29 is 8.42 Å². The Morgan fingerprint density at radius 1 is 1.00 bits per heavy atom. The smallest absolute Gasteiger partial charge is 0.244 e. The van der Waals surface area contributed by atoms with Gasteiger partial charge in [0, 0.05) is 37.8 Å². The molecular formula is C23H24N6O2S2. The topological polar surface area (TPSA) is 87.2 Å². The van der Waals surface area contributed by atoms with Gasteiger partial charge in [0.1, 0.15) is 11.9 Å². The first-order valence-electron chi connectivity index (χ1n) is 11.0. The normalized spacial score (nSPS) is 17.7. The summed E-state index contributed by atoms with van der Waals surface area (Å²) in [7, 11) is -3.71. The molecule has 1 saturated carbocycles. The fraction of sp³-hybridized carbons (Fsp3) is 0.348. The molecule has 5 rings (SSSR count). The molecule has 0 N–H and O–H groups in total. The van der Waals surface area contributed by atoms with Crippen LogP contribution in [-0.4, -0.2) is 58.1 Å². The van der Waals surface area contributed by atoms with E-state index in [0.29, 0.717) is 43.5 Å². The summed E-state index contributed by atoms with van der Waals surface area (Å²) >= 11 is 5.78. The summed E-state index contributed by atoms with van der Waals surface area (Å²) in [6.07, 6.45) is 2.25. The van der Waals surface area contributed by atoms with Gasteiger partial charge in [-0.3, -0.25) is 9.47 Å². The average Bonchev–Trinajstić information content (AvgIpc) is 3.64. The van der Waals surface area contributed by atoms with Crippen molar-refractivity contribution in [3.8, 4) is 11.8 Å². The monoisotopic (exact) mass is 480 g/mol. The predicted octanol–water partition coefficient (Wildman–Crippen LogP) is 3.12. The SMILES string of the molecule is N#Cc1ccccc1S(=O)(=O)N1CCN(Cn2nc(C3CC3)n(-c3ccccc3)c2=S)CC1. The molecule has 0 atom stereocenters. The molecule has 2 aromatic carbocycles. The molecule has 3 aromatic rings. The Bertz CT molecular complexity index is 1360. The molecule has 2 fully saturated rings. The minimum Gasteiger partial charge on any atom is -0.282 e. The van der Waals surface area contributed by atoms with Crippen LogP contribution in [-0.2, 0) is 16.7 Å². The van der Waals surface area contributed by atoms with Gasteiger partial charge in [0.25, 0.3) is 0 Å². The quantitative estimate of drug-likeness (QED) is 0.504. The molecule has 0 unspecified atom stereocenters. The number of hydrogen-bond donors (Lipinski definition) is 0. The lowest BCUT2D eigenvalue weighted by molar-refractivity contribution is 0.144. The Kier molecular flexibility index (Phi) is 5.88. The number of nitrogens with zero attached hydrogens (tertiary/aromatic N) is 6. The number of para-hydroxylation sites is 1. The third-order valence-electron chi connectivity index (χ3n) is 6.11. The second kappa shape index (κ2) is 8.83. The molecule has 2 heterocycles. The first-order valence-corrected chi connectivity index (χ1v) is 12.8. The van der Waals surface area contributed by atoms with Gasteiger partial charge in [-0.2, -0.15) is 14.7 Å². The second-order valence-electron chi connectivity index (χ2n) is 8.36. The van der Waals surface area contributed by atoms with E-state index in [0.717, 1.165) is 24.4 Å². The predicted molar refractivity (Wildman–Crippen MR) is 126 cm³/mol. The molecule has 0 bridgehead atoms. The van der Waals surface area contributed by atoms with Gasteiger partial charge in [0.05, 0.1) is 17.1 Å². The van der Waals surface area contributed by atoms with Gasteiger partial charge in [-0.25, -0.2) is 13.1 Å². The summed E-state index contributed by atoms with van der Waals surface area (Å²) in [6, 6.07) is 18.4. The van der Waals surface area contributed by atoms with E-state index in [1.807, 2.05) is 41.1 Å². The largest absolute Gasteiger partial charge is 0.282 e. The van der Waals surface area contributed by atoms with E-state index in [9.17, 15) is 13.7 Å². The van der Waals surface area contributed by atoms with Gasteiger partial charge in [-0.05, 0) is 49.3 Å². The molecule has 1 aromatic heterocycles. The highest BCUT2D eigenvalue weighted by Crippen LogP contribution is 2.40. The van der Waals surface area contributed by atoms with E-state index in [1.165, 1.54) is 16.4 Å². The molecule has 10 heteroatoms. The maximum absolute atomic E-state index is 13.1. The van der Waals surface area contributed by atoms with Gasteiger partial charge in [-0.1, -0.05) is 30.3 Å². The number of nitriles is 1. The number of hydrogen-bond acceptors (Lipinski definition) is 6. The Hall–Kier alpha value is -2.84. The molecule has 1 aliphatic heterocycles. The van der Waals surface area contributed by atoms with E-state index in [1.54, 1.807) is 12.1 Å². The van der Waals surface area contributed by atoms with Crippen molar-refractivity contribution >= 4 is 22.2 Å². The Morgan fingerprint density at radius 3 is 2.33 bits per heavy atom. The number of aromatic nitrogens is 3. The maximum atomic E-state index is 13.1. The summed E-state index contributed by atoms with van der Waals surface area (Å²) in [6.45, 7) is 2.34. The van der Waals surface area contributed by atoms with Crippen LogP contribution in [0.2, 0.25) is 0 Å². The van der Waals surface area contributed by atoms with Crippen LogP contribution in [0.15, 0.2) is 59.5 Å². The zero-order chi connectivity index (χ0) is 23.0. The number of rotatable bonds is 6. The first-order chi connectivity index (χ1) is 16.0. The van der Waals surface area contributed by atoms with Crippen molar-refractivity contribution in [1.29, 1.82) is 5.26 Å². The van der Waals surface area contributed by atoms with Crippen molar-refractivity contribution in [2.45, 2.75) is 30.3 Å². The lowest BCUT2D eigenvalue weighted by atomic mass is 10.2. The van der Waals surface area contributed by atoms with Crippen molar-refractivity contribution in [3.05, 3.63) is 70.8 Å². The van der Waals surface area contributed by atoms with Crippen LogP contribution in [0.4, 0.5) is 0 Å². The van der Waals surface area contributed by atoms with Crippen LogP contribution in [0.25, 0.3) is 5.69 Å². The molecule has 0 amide bonds. The van der Waals surface area contributed by atoms with E-state index >= 15 is 0 Å². The van der Waals surface area contributed by atoms with E-state index < -0.39 is 10.0 Å². The Morgan fingerprint density at radius 2 is 1.67 bits per heavy atom. The number of sulfonamides is 1. The third-order valence-corrected chi connectivity index (χ3v) is 8.46. The summed E-state index contributed by atoms with van der Waals surface area (Å²) in [4.78, 5) is 2.23. The zero-order valence-corrected chi connectivity index (χ0v) is 19.7. The number of piperazine rings is 1. The molecular weight excluding hydrogens is 456 g/mol. The average molecular weight is 481 g/mol. The standard InChI is InChI=1S/C23H24N6O2S2/c24-16-19-6-4-5-9-21(19)33(30,31)27-14-12-26(13-15-27)17-28-23(32)29(20-7-2-1-3-8-20)22(25-28)18-10-11-18/h1-9,18H,10-15,17H2. The van der Waals surface area contributed by atoms with Crippen molar-refractivity contribution in [2.24, 2.45) is 0 Å². The van der Waals surface area contributed by atoms with Crippen LogP contribution in [0.1, 0.15) is 30.1 Å². The minimum absolute atomic E-state index is 0.0684. The van der Waals surface area contributed by atoms with Crippen molar-refractivity contribution in [2.75, 3.05) is 26.2 Å². The molecule has 170 valence electrons. The minimum atomic E-state index is -3.71. The maximum Gasteiger partial charge on any atom is 0.244 e. The molecule has 8 nitrogen and oxygen atoms in total. The fourth-order valence-corrected chi connectivity index (χ4v) is 6.03. The molecule has 33 heavy (non-hydrogen) atoms. The molecule has 0 spiro atoms. The van der Waals surface area contributed by atoms with Crippen LogP contribution < -0.4 is 0 Å². The van der Waals surface area contributed by atoms with Gasteiger partial charge in [-0.15, -0.1) is 0 Å². The third kappa shape index (κ3) is 4.25. The van der Waals surface area contributed by atoms with Crippen LogP contribution in [0.5, 0.6) is 0 Å². The highest BCUT2D eigenvalue weighted by atomic mass is 32.2. The summed E-state index contributed by atoms with van der Waals surface area (Å²) in [5.74, 6) is 1.44. The molecule has 1 saturated heterocycles. The number of benzene rings is 2. The fourth-order valence-electron chi connectivity index (χ4n) is 4.17. The van der Waals surface area contributed by atoms with Gasteiger partial charge in [0.2, 0.25) is 14.8 Å². The van der Waals surface area contributed by atoms with Crippen LogP contribution in [0.3, 0.4) is 0 Å². The van der Waals surface area contributed by atoms with E-state index in [2.05, 4.69) is 9.47 Å². The van der Waals surface area contributed by atoms with Crippen molar-refractivity contribution in [1.82, 2.24) is 23.6 Å². The highest BCUT2D eigenvalue weighted by molar-refractivity contribution is 7.89. The van der Waals surface area contributed by atoms with Crippen molar-refractivity contribution in [3.63, 3.8) is 0 Å². The summed E-state index contributed by atoms with van der Waals surface area (Å²) in [5, 5.41) is 14.1. The zero-order valence-electron chi connectivity index (χ0n) is 18.0. The van der Waals surface area contributed by atoms with Crippen LogP contribution in [0, 0.1) is 16.1 Å².